The van der Waals surface area contributed by atoms with Gasteiger partial charge in [0, 0.05) is 5.69 Å². The Hall–Kier alpha value is -4.86. The Morgan fingerprint density at radius 3 is 2.37 bits per heavy atom. The third-order valence-corrected chi connectivity index (χ3v) is 4.76. The summed E-state index contributed by atoms with van der Waals surface area (Å²) in [6.07, 6.45) is 0.165. The van der Waals surface area contributed by atoms with E-state index in [9.17, 15) is 14.0 Å². The van der Waals surface area contributed by atoms with Crippen LogP contribution in [0.2, 0.25) is 0 Å². The van der Waals surface area contributed by atoms with E-state index in [1.54, 1.807) is 24.3 Å². The van der Waals surface area contributed by atoms with Gasteiger partial charge in [0.25, 0.3) is 0 Å². The number of hydrogen-bond acceptors (Lipinski definition) is 8. The lowest BCUT2D eigenvalue weighted by Gasteiger charge is -2.11. The van der Waals surface area contributed by atoms with Crippen molar-refractivity contribution in [1.82, 2.24) is 15.0 Å². The lowest BCUT2D eigenvalue weighted by molar-refractivity contribution is -0.115. The molecule has 10 heteroatoms. The highest BCUT2D eigenvalue weighted by atomic mass is 19.1. The molecule has 0 radical (unpaired) electrons. The van der Waals surface area contributed by atoms with Crippen LogP contribution in [0.1, 0.15) is 21.7 Å². The van der Waals surface area contributed by atoms with Crippen LogP contribution in [-0.4, -0.2) is 26.8 Å². The third kappa shape index (κ3) is 6.57. The monoisotopic (exact) mass is 472 g/mol. The third-order valence-electron chi connectivity index (χ3n) is 4.76. The van der Waals surface area contributed by atoms with E-state index in [0.29, 0.717) is 11.4 Å². The molecule has 4 N–H and O–H groups in total. The number of benzene rings is 3. The summed E-state index contributed by atoms with van der Waals surface area (Å²) < 4.78 is 18.5. The lowest BCUT2D eigenvalue weighted by Crippen LogP contribution is -2.18. The molecule has 0 saturated heterocycles. The normalized spacial score (nSPS) is 10.4. The van der Waals surface area contributed by atoms with Gasteiger partial charge in [-0.25, -0.2) is 9.18 Å². The van der Waals surface area contributed by atoms with Crippen molar-refractivity contribution in [3.63, 3.8) is 0 Å². The van der Waals surface area contributed by atoms with Crippen LogP contribution in [0, 0.1) is 5.82 Å². The lowest BCUT2D eigenvalue weighted by atomic mass is 10.1. The number of rotatable bonds is 8. The van der Waals surface area contributed by atoms with Gasteiger partial charge in [-0.05, 0) is 42.0 Å². The van der Waals surface area contributed by atoms with Crippen molar-refractivity contribution in [3.8, 4) is 0 Å². The number of hydrogen-bond donors (Lipinski definition) is 3. The fourth-order valence-corrected chi connectivity index (χ4v) is 3.17. The Labute approximate surface area is 200 Å². The molecule has 0 atom stereocenters. The van der Waals surface area contributed by atoms with E-state index in [2.05, 4.69) is 25.6 Å². The average Bonchev–Trinajstić information content (AvgIpc) is 2.84. The number of nitrogens with zero attached hydrogens (tertiary/aromatic N) is 3. The molecule has 0 fully saturated rings. The number of anilines is 4. The van der Waals surface area contributed by atoms with Gasteiger partial charge in [-0.2, -0.15) is 15.0 Å². The van der Waals surface area contributed by atoms with Gasteiger partial charge in [0.15, 0.2) is 12.4 Å². The van der Waals surface area contributed by atoms with Crippen LogP contribution in [0.25, 0.3) is 0 Å². The van der Waals surface area contributed by atoms with E-state index in [1.165, 1.54) is 24.3 Å². The van der Waals surface area contributed by atoms with Crippen LogP contribution < -0.4 is 16.4 Å². The van der Waals surface area contributed by atoms with Crippen LogP contribution in [0.15, 0.2) is 78.9 Å². The molecule has 1 amide bonds. The first kappa shape index (κ1) is 23.3. The Morgan fingerprint density at radius 1 is 0.886 bits per heavy atom. The molecule has 4 rings (SSSR count). The number of esters is 1. The second-order valence-electron chi connectivity index (χ2n) is 7.40. The van der Waals surface area contributed by atoms with Crippen LogP contribution >= 0.6 is 0 Å². The van der Waals surface area contributed by atoms with Crippen molar-refractivity contribution in [3.05, 3.63) is 102 Å². The van der Waals surface area contributed by atoms with Crippen LogP contribution in [-0.2, 0) is 22.6 Å². The highest BCUT2D eigenvalue weighted by molar-refractivity contribution is 6.01. The number of nitrogen functional groups attached to an aromatic ring is 1. The average molecular weight is 472 g/mol. The number of halogens is 1. The predicted octanol–water partition coefficient (Wildman–Crippen LogP) is 3.87. The van der Waals surface area contributed by atoms with Crippen molar-refractivity contribution in [1.29, 1.82) is 0 Å². The molecule has 1 heterocycles. The molecule has 0 aliphatic rings. The Balaban J connectivity index is 1.41. The number of ether oxygens (including phenoxy) is 1. The highest BCUT2D eigenvalue weighted by Gasteiger charge is 2.16. The van der Waals surface area contributed by atoms with Crippen LogP contribution in [0.5, 0.6) is 0 Å². The van der Waals surface area contributed by atoms with Crippen LogP contribution in [0.3, 0.4) is 0 Å². The van der Waals surface area contributed by atoms with Crippen molar-refractivity contribution in [2.75, 3.05) is 16.4 Å². The van der Waals surface area contributed by atoms with E-state index in [0.717, 1.165) is 5.56 Å². The van der Waals surface area contributed by atoms with Gasteiger partial charge in [0.1, 0.15) is 5.82 Å². The fourth-order valence-electron chi connectivity index (χ4n) is 3.17. The molecule has 1 aromatic heterocycles. The second-order valence-corrected chi connectivity index (χ2v) is 7.40. The first-order valence-corrected chi connectivity index (χ1v) is 10.6. The summed E-state index contributed by atoms with van der Waals surface area (Å²) in [5, 5.41) is 5.64. The highest BCUT2D eigenvalue weighted by Crippen LogP contribution is 2.18. The number of nitrogens with one attached hydrogen (secondary N) is 2. The van der Waals surface area contributed by atoms with Gasteiger partial charge >= 0.3 is 5.97 Å². The first-order valence-electron chi connectivity index (χ1n) is 10.6. The number of para-hydroxylation sites is 1. The summed E-state index contributed by atoms with van der Waals surface area (Å²) in [6.45, 7) is -0.282. The maximum absolute atomic E-state index is 13.1. The Morgan fingerprint density at radius 2 is 1.60 bits per heavy atom. The molecular weight excluding hydrogens is 451 g/mol. The number of carbonyl (C=O) groups excluding carboxylic acids is 2. The number of carbonyl (C=O) groups is 2. The van der Waals surface area contributed by atoms with E-state index < -0.39 is 5.97 Å². The molecule has 3 aromatic carbocycles. The molecule has 0 aliphatic carbocycles. The minimum atomic E-state index is -0.673. The first-order chi connectivity index (χ1) is 17.0. The topological polar surface area (TPSA) is 132 Å². The summed E-state index contributed by atoms with van der Waals surface area (Å²) in [7, 11) is 0. The van der Waals surface area contributed by atoms with Gasteiger partial charge < -0.3 is 21.1 Å². The van der Waals surface area contributed by atoms with Gasteiger partial charge in [-0.15, -0.1) is 0 Å². The smallest absolute Gasteiger partial charge is 0.340 e. The summed E-state index contributed by atoms with van der Waals surface area (Å²) in [5.74, 6) is -1.17. The van der Waals surface area contributed by atoms with Crippen molar-refractivity contribution in [2.24, 2.45) is 0 Å². The molecule has 0 bridgehead atoms. The van der Waals surface area contributed by atoms with E-state index in [1.807, 2.05) is 30.3 Å². The standard InChI is InChI=1S/C25H21FN6O3/c26-17-10-12-18(13-11-17)28-25-31-21(30-24(27)32-25)15-35-23(34)19-8-4-5-9-20(19)29-22(33)14-16-6-2-1-3-7-16/h1-13H,14-15H2,(H,29,33)(H3,27,28,30,31,32). The zero-order valence-electron chi connectivity index (χ0n) is 18.4. The maximum Gasteiger partial charge on any atom is 0.340 e. The molecule has 35 heavy (non-hydrogen) atoms. The summed E-state index contributed by atoms with van der Waals surface area (Å²) >= 11 is 0. The zero-order valence-corrected chi connectivity index (χ0v) is 18.4. The minimum Gasteiger partial charge on any atom is -0.454 e. The summed E-state index contributed by atoms with van der Waals surface area (Å²) in [6, 6.07) is 21.4. The van der Waals surface area contributed by atoms with Crippen molar-refractivity contribution >= 4 is 35.1 Å². The maximum atomic E-state index is 13.1. The molecule has 0 unspecified atom stereocenters. The number of aromatic nitrogens is 3. The van der Waals surface area contributed by atoms with E-state index >= 15 is 0 Å². The zero-order chi connectivity index (χ0) is 24.6. The van der Waals surface area contributed by atoms with Gasteiger partial charge in [-0.1, -0.05) is 42.5 Å². The van der Waals surface area contributed by atoms with E-state index in [4.69, 9.17) is 10.5 Å². The second kappa shape index (κ2) is 10.8. The van der Waals surface area contributed by atoms with Gasteiger partial charge in [-0.3, -0.25) is 4.79 Å². The molecule has 0 saturated carbocycles. The van der Waals surface area contributed by atoms with Crippen LogP contribution in [0.4, 0.5) is 27.7 Å². The number of nitrogens with two attached hydrogens (primary N) is 1. The molecule has 0 aliphatic heterocycles. The minimum absolute atomic E-state index is 0.0794. The number of amides is 1. The summed E-state index contributed by atoms with van der Waals surface area (Å²) in [4.78, 5) is 37.3. The molecule has 9 nitrogen and oxygen atoms in total. The van der Waals surface area contributed by atoms with E-state index in [-0.39, 0.29) is 48.0 Å². The summed E-state index contributed by atoms with van der Waals surface area (Å²) in [5.41, 5.74) is 7.65. The molecule has 176 valence electrons. The Kier molecular flexibility index (Phi) is 7.22. The van der Waals surface area contributed by atoms with Crippen molar-refractivity contribution < 1.29 is 18.7 Å². The molecule has 0 spiro atoms. The van der Waals surface area contributed by atoms with Gasteiger partial charge in [0.2, 0.25) is 17.8 Å². The molecular formula is C25H21FN6O3. The predicted molar refractivity (Wildman–Crippen MR) is 128 cm³/mol. The SMILES string of the molecule is Nc1nc(COC(=O)c2ccccc2NC(=O)Cc2ccccc2)nc(Nc2ccc(F)cc2)n1. The quantitative estimate of drug-likeness (QED) is 0.329. The largest absolute Gasteiger partial charge is 0.454 e. The van der Waals surface area contributed by atoms with Crippen molar-refractivity contribution in [2.45, 2.75) is 13.0 Å². The fraction of sp³-hybridized carbons (Fsp3) is 0.0800. The van der Waals surface area contributed by atoms with Gasteiger partial charge in [0.05, 0.1) is 17.7 Å². The molecule has 4 aromatic rings. The Bertz CT molecular complexity index is 1330.